The largest absolute Gasteiger partial charge is 0.493 e. The number of ether oxygens (including phenoxy) is 2. The summed E-state index contributed by atoms with van der Waals surface area (Å²) >= 11 is 3.36. The molecule has 2 aromatic rings. The number of nitrogens with one attached hydrogen (secondary N) is 1. The Morgan fingerprint density at radius 3 is 2.50 bits per heavy atom. The van der Waals surface area contributed by atoms with Crippen LogP contribution in [0, 0.1) is 5.82 Å². The van der Waals surface area contributed by atoms with Crippen LogP contribution in [-0.4, -0.2) is 20.1 Å². The van der Waals surface area contributed by atoms with Crippen molar-refractivity contribution in [2.24, 2.45) is 0 Å². The van der Waals surface area contributed by atoms with Crippen molar-refractivity contribution in [3.05, 3.63) is 57.8 Å². The number of carbonyl (C=O) groups is 1. The van der Waals surface area contributed by atoms with E-state index >= 15 is 0 Å². The van der Waals surface area contributed by atoms with Crippen molar-refractivity contribution in [3.8, 4) is 11.5 Å². The highest BCUT2D eigenvalue weighted by atomic mass is 79.9. The molecule has 0 bridgehead atoms. The summed E-state index contributed by atoms with van der Waals surface area (Å²) in [6.07, 6.45) is 0. The minimum Gasteiger partial charge on any atom is -0.493 e. The molecule has 0 saturated heterocycles. The smallest absolute Gasteiger partial charge is 0.254 e. The molecule has 4 nitrogen and oxygen atoms in total. The Labute approximate surface area is 136 Å². The van der Waals surface area contributed by atoms with Gasteiger partial charge >= 0.3 is 0 Å². The number of methoxy groups -OCH3 is 2. The molecule has 0 aliphatic heterocycles. The summed E-state index contributed by atoms with van der Waals surface area (Å²) in [6.45, 7) is 0.298. The third kappa shape index (κ3) is 3.76. The van der Waals surface area contributed by atoms with E-state index < -0.39 is 11.7 Å². The molecule has 1 N–H and O–H groups in total. The predicted molar refractivity (Wildman–Crippen MR) is 84.8 cm³/mol. The van der Waals surface area contributed by atoms with E-state index in [1.165, 1.54) is 20.3 Å². The van der Waals surface area contributed by atoms with Crippen molar-refractivity contribution in [1.82, 2.24) is 5.32 Å². The van der Waals surface area contributed by atoms with Crippen molar-refractivity contribution in [2.75, 3.05) is 14.2 Å². The Morgan fingerprint density at radius 2 is 1.86 bits per heavy atom. The van der Waals surface area contributed by atoms with Gasteiger partial charge in [-0.1, -0.05) is 28.1 Å². The summed E-state index contributed by atoms with van der Waals surface area (Å²) in [6, 6.07) is 9.96. The van der Waals surface area contributed by atoms with Crippen molar-refractivity contribution in [3.63, 3.8) is 0 Å². The molecule has 0 aromatic heterocycles. The van der Waals surface area contributed by atoms with Crippen LogP contribution in [0.4, 0.5) is 4.39 Å². The Balaban J connectivity index is 2.15. The molecule has 2 aromatic carbocycles. The average molecular weight is 368 g/mol. The van der Waals surface area contributed by atoms with Crippen LogP contribution in [0.3, 0.4) is 0 Å². The molecule has 0 atom stereocenters. The molecule has 116 valence electrons. The van der Waals surface area contributed by atoms with Crippen LogP contribution < -0.4 is 14.8 Å². The van der Waals surface area contributed by atoms with Crippen molar-refractivity contribution in [1.29, 1.82) is 0 Å². The first-order chi connectivity index (χ1) is 10.5. The maximum absolute atomic E-state index is 14.0. The van der Waals surface area contributed by atoms with Gasteiger partial charge in [0.2, 0.25) is 0 Å². The van der Waals surface area contributed by atoms with Gasteiger partial charge in [-0.3, -0.25) is 4.79 Å². The second-order valence-electron chi connectivity index (χ2n) is 4.50. The van der Waals surface area contributed by atoms with Gasteiger partial charge < -0.3 is 14.8 Å². The summed E-state index contributed by atoms with van der Waals surface area (Å²) in [7, 11) is 2.84. The van der Waals surface area contributed by atoms with Gasteiger partial charge in [0.15, 0.2) is 11.5 Å². The molecule has 6 heteroatoms. The molecule has 2 rings (SSSR count). The molecule has 1 amide bonds. The van der Waals surface area contributed by atoms with Gasteiger partial charge in [0.1, 0.15) is 5.82 Å². The molecule has 0 saturated carbocycles. The molecular weight excluding hydrogens is 353 g/mol. The zero-order valence-electron chi connectivity index (χ0n) is 12.2. The van der Waals surface area contributed by atoms with Crippen molar-refractivity contribution < 1.29 is 18.7 Å². The molecule has 0 fully saturated rings. The topological polar surface area (TPSA) is 47.6 Å². The maximum atomic E-state index is 14.0. The van der Waals surface area contributed by atoms with Crippen LogP contribution in [0.1, 0.15) is 15.9 Å². The normalized spacial score (nSPS) is 10.2. The highest BCUT2D eigenvalue weighted by Crippen LogP contribution is 2.29. The van der Waals surface area contributed by atoms with Crippen molar-refractivity contribution >= 4 is 21.8 Å². The summed E-state index contributed by atoms with van der Waals surface area (Å²) < 4.78 is 25.0. The number of hydrogen-bond donors (Lipinski definition) is 1. The SMILES string of the molecule is COc1cc(F)c(C(=O)NCc2cccc(Br)c2)cc1OC. The van der Waals surface area contributed by atoms with Crippen molar-refractivity contribution in [2.45, 2.75) is 6.54 Å². The van der Waals surface area contributed by atoms with Gasteiger partial charge in [-0.2, -0.15) is 0 Å². The average Bonchev–Trinajstić information content (AvgIpc) is 2.52. The maximum Gasteiger partial charge on any atom is 0.254 e. The third-order valence-corrected chi connectivity index (χ3v) is 3.55. The van der Waals surface area contributed by atoms with E-state index in [0.717, 1.165) is 16.1 Å². The van der Waals surface area contributed by atoms with E-state index in [-0.39, 0.29) is 11.3 Å². The molecule has 0 aliphatic rings. The van der Waals surface area contributed by atoms with Gasteiger partial charge in [-0.25, -0.2) is 4.39 Å². The van der Waals surface area contributed by atoms with Crippen LogP contribution in [-0.2, 0) is 6.54 Å². The number of halogens is 2. The lowest BCUT2D eigenvalue weighted by atomic mass is 10.1. The van der Waals surface area contributed by atoms with Crippen LogP contribution in [0.25, 0.3) is 0 Å². The quantitative estimate of drug-likeness (QED) is 0.879. The summed E-state index contributed by atoms with van der Waals surface area (Å²) in [4.78, 5) is 12.1. The first-order valence-corrected chi connectivity index (χ1v) is 7.28. The molecule has 0 aliphatic carbocycles. The minimum absolute atomic E-state index is 0.0901. The molecule has 0 spiro atoms. The van der Waals surface area contributed by atoms with Crippen LogP contribution in [0.2, 0.25) is 0 Å². The Bertz CT molecular complexity index is 691. The van der Waals surface area contributed by atoms with E-state index in [1.807, 2.05) is 24.3 Å². The molecule has 22 heavy (non-hydrogen) atoms. The van der Waals surface area contributed by atoms with Gasteiger partial charge in [0.05, 0.1) is 19.8 Å². The summed E-state index contributed by atoms with van der Waals surface area (Å²) in [5.41, 5.74) is 0.816. The Hall–Kier alpha value is -2.08. The highest BCUT2D eigenvalue weighted by Gasteiger charge is 2.16. The number of benzene rings is 2. The van der Waals surface area contributed by atoms with E-state index in [9.17, 15) is 9.18 Å². The number of hydrogen-bond acceptors (Lipinski definition) is 3. The van der Waals surface area contributed by atoms with E-state index in [0.29, 0.717) is 12.3 Å². The van der Waals surface area contributed by atoms with Crippen LogP contribution in [0.15, 0.2) is 40.9 Å². The number of rotatable bonds is 5. The molecule has 0 heterocycles. The minimum atomic E-state index is -0.663. The third-order valence-electron chi connectivity index (χ3n) is 3.06. The highest BCUT2D eigenvalue weighted by molar-refractivity contribution is 9.10. The van der Waals surface area contributed by atoms with Gasteiger partial charge in [0.25, 0.3) is 5.91 Å². The lowest BCUT2D eigenvalue weighted by Gasteiger charge is -2.11. The van der Waals surface area contributed by atoms with E-state index in [2.05, 4.69) is 21.2 Å². The van der Waals surface area contributed by atoms with E-state index in [1.54, 1.807) is 0 Å². The zero-order chi connectivity index (χ0) is 16.1. The molecule has 0 unspecified atom stereocenters. The second-order valence-corrected chi connectivity index (χ2v) is 5.42. The van der Waals surface area contributed by atoms with Gasteiger partial charge in [0, 0.05) is 17.1 Å². The van der Waals surface area contributed by atoms with E-state index in [4.69, 9.17) is 9.47 Å². The first kappa shape index (κ1) is 16.3. The summed E-state index contributed by atoms with van der Waals surface area (Å²) in [5.74, 6) is -0.636. The lowest BCUT2D eigenvalue weighted by molar-refractivity contribution is 0.0946. The van der Waals surface area contributed by atoms with Crippen LogP contribution >= 0.6 is 15.9 Å². The number of amides is 1. The van der Waals surface area contributed by atoms with Gasteiger partial charge in [-0.15, -0.1) is 0 Å². The number of carbonyl (C=O) groups excluding carboxylic acids is 1. The molecular formula is C16H15BrFNO3. The Morgan fingerprint density at radius 1 is 1.18 bits per heavy atom. The molecule has 0 radical (unpaired) electrons. The second kappa shape index (κ2) is 7.26. The standard InChI is InChI=1S/C16H15BrFNO3/c1-21-14-7-12(13(18)8-15(14)22-2)16(20)19-9-10-4-3-5-11(17)6-10/h3-8H,9H2,1-2H3,(H,19,20). The fourth-order valence-electron chi connectivity index (χ4n) is 1.95. The van der Waals surface area contributed by atoms with Crippen LogP contribution in [0.5, 0.6) is 11.5 Å². The predicted octanol–water partition coefficient (Wildman–Crippen LogP) is 3.54. The summed E-state index contributed by atoms with van der Waals surface area (Å²) in [5, 5.41) is 2.68. The lowest BCUT2D eigenvalue weighted by Crippen LogP contribution is -2.24. The monoisotopic (exact) mass is 367 g/mol. The zero-order valence-corrected chi connectivity index (χ0v) is 13.7. The van der Waals surface area contributed by atoms with Gasteiger partial charge in [-0.05, 0) is 23.8 Å². The fraction of sp³-hybridized carbons (Fsp3) is 0.188. The first-order valence-electron chi connectivity index (χ1n) is 6.49. The Kier molecular flexibility index (Phi) is 5.38. The fourth-order valence-corrected chi connectivity index (χ4v) is 2.40.